The second-order valence-corrected chi connectivity index (χ2v) is 4.40. The van der Waals surface area contributed by atoms with E-state index in [4.69, 9.17) is 0 Å². The highest BCUT2D eigenvalue weighted by Gasteiger charge is 2.00. The lowest BCUT2D eigenvalue weighted by Crippen LogP contribution is -2.05. The maximum absolute atomic E-state index is 10.7. The van der Waals surface area contributed by atoms with Crippen LogP contribution in [0.1, 0.15) is 58.3 Å². The average Bonchev–Trinajstić information content (AvgIpc) is 2.16. The van der Waals surface area contributed by atoms with Gasteiger partial charge in [0.25, 0.3) is 0 Å². The minimum Gasteiger partial charge on any atom is -0.766 e. The van der Waals surface area contributed by atoms with Crippen molar-refractivity contribution in [2.75, 3.05) is 0 Å². The molecular formula is C10H19O3S-. The first-order chi connectivity index (χ1) is 6.68. The van der Waals surface area contributed by atoms with E-state index in [0.29, 0.717) is 6.42 Å². The Balaban J connectivity index is 3.13. The maximum atomic E-state index is 10.7. The minimum atomic E-state index is -2.51. The Morgan fingerprint density at radius 3 is 2.07 bits per heavy atom. The monoisotopic (exact) mass is 219 g/mol. The van der Waals surface area contributed by atoms with Crippen molar-refractivity contribution in [3.8, 4) is 0 Å². The van der Waals surface area contributed by atoms with Gasteiger partial charge in [-0.25, -0.2) is 0 Å². The molecule has 0 fully saturated rings. The molecule has 0 N–H and O–H groups in total. The van der Waals surface area contributed by atoms with Gasteiger partial charge in [0, 0.05) is 17.5 Å². The van der Waals surface area contributed by atoms with E-state index in [1.807, 2.05) is 0 Å². The normalized spacial score (nSPS) is 12.7. The van der Waals surface area contributed by atoms with Gasteiger partial charge in [0.1, 0.15) is 0 Å². The Morgan fingerprint density at radius 2 is 1.57 bits per heavy atom. The molecule has 1 unspecified atom stereocenters. The third kappa shape index (κ3) is 8.38. The molecular weight excluding hydrogens is 200 g/mol. The summed E-state index contributed by atoms with van der Waals surface area (Å²) in [6.45, 7) is 2.17. The summed E-state index contributed by atoms with van der Waals surface area (Å²) in [5.74, 6) is 0. The molecule has 0 aromatic carbocycles. The Morgan fingerprint density at radius 1 is 1.07 bits per heavy atom. The Bertz CT molecular complexity index is 180. The molecule has 0 aromatic rings. The molecule has 0 aliphatic carbocycles. The van der Waals surface area contributed by atoms with E-state index in [0.717, 1.165) is 12.8 Å². The van der Waals surface area contributed by atoms with Gasteiger partial charge < -0.3 is 4.55 Å². The molecule has 0 aliphatic heterocycles. The van der Waals surface area contributed by atoms with Crippen molar-refractivity contribution in [1.82, 2.24) is 0 Å². The van der Waals surface area contributed by atoms with Crippen LogP contribution in [-0.4, -0.2) is 13.9 Å². The van der Waals surface area contributed by atoms with Crippen molar-refractivity contribution in [3.63, 3.8) is 0 Å². The lowest BCUT2D eigenvalue weighted by atomic mass is 10.1. The van der Waals surface area contributed by atoms with Crippen LogP contribution in [-0.2, 0) is 15.9 Å². The highest BCUT2D eigenvalue weighted by molar-refractivity contribution is 7.95. The third-order valence-electron chi connectivity index (χ3n) is 2.17. The molecule has 1 atom stereocenters. The molecule has 0 saturated heterocycles. The zero-order chi connectivity index (χ0) is 10.8. The number of carbonyl (C=O) groups is 1. The zero-order valence-electron chi connectivity index (χ0n) is 8.79. The van der Waals surface area contributed by atoms with E-state index in [-0.39, 0.29) is 6.42 Å². The SMILES string of the molecule is CCCCCCCCCC(=O)S(=O)[O-]. The van der Waals surface area contributed by atoms with Crippen molar-refractivity contribution in [1.29, 1.82) is 0 Å². The Kier molecular flexibility index (Phi) is 9.19. The predicted octanol–water partition coefficient (Wildman–Crippen LogP) is 2.53. The molecule has 14 heavy (non-hydrogen) atoms. The fourth-order valence-electron chi connectivity index (χ4n) is 1.31. The van der Waals surface area contributed by atoms with Crippen LogP contribution >= 0.6 is 0 Å². The van der Waals surface area contributed by atoms with Crippen LogP contribution in [0.4, 0.5) is 0 Å². The zero-order valence-corrected chi connectivity index (χ0v) is 9.61. The number of hydrogen-bond acceptors (Lipinski definition) is 3. The summed E-state index contributed by atoms with van der Waals surface area (Å²) in [7, 11) is 0. The highest BCUT2D eigenvalue weighted by atomic mass is 32.2. The Labute approximate surface area is 88.6 Å². The van der Waals surface area contributed by atoms with Crippen molar-refractivity contribution in [2.24, 2.45) is 0 Å². The summed E-state index contributed by atoms with van der Waals surface area (Å²) in [5.41, 5.74) is 0. The fourth-order valence-corrected chi connectivity index (χ4v) is 1.62. The third-order valence-corrected chi connectivity index (χ3v) is 2.75. The van der Waals surface area contributed by atoms with Crippen molar-refractivity contribution >= 4 is 16.2 Å². The second kappa shape index (κ2) is 9.34. The van der Waals surface area contributed by atoms with Gasteiger partial charge >= 0.3 is 0 Å². The maximum Gasteiger partial charge on any atom is 0.205 e. The van der Waals surface area contributed by atoms with Gasteiger partial charge in [-0.15, -0.1) is 0 Å². The topological polar surface area (TPSA) is 57.2 Å². The smallest absolute Gasteiger partial charge is 0.205 e. The van der Waals surface area contributed by atoms with Gasteiger partial charge in [0.15, 0.2) is 0 Å². The molecule has 84 valence electrons. The highest BCUT2D eigenvalue weighted by Crippen LogP contribution is 2.08. The molecule has 0 rings (SSSR count). The van der Waals surface area contributed by atoms with Crippen molar-refractivity contribution < 1.29 is 13.6 Å². The number of unbranched alkanes of at least 4 members (excludes halogenated alkanes) is 6. The Hall–Kier alpha value is -0.220. The van der Waals surface area contributed by atoms with Gasteiger partial charge in [-0.2, -0.15) is 0 Å². The van der Waals surface area contributed by atoms with Crippen molar-refractivity contribution in [3.05, 3.63) is 0 Å². The first kappa shape index (κ1) is 13.8. The molecule has 0 radical (unpaired) electrons. The van der Waals surface area contributed by atoms with E-state index in [2.05, 4.69) is 6.92 Å². The standard InChI is InChI=1S/C10H20O3S/c1-2-3-4-5-6-7-8-9-10(11)14(12)13/h2-9H2,1H3,(H,12,13)/p-1. The molecule has 4 heteroatoms. The van der Waals surface area contributed by atoms with Gasteiger partial charge in [0.2, 0.25) is 5.12 Å². The van der Waals surface area contributed by atoms with Crippen LogP contribution in [0, 0.1) is 0 Å². The van der Waals surface area contributed by atoms with Gasteiger partial charge in [-0.3, -0.25) is 9.00 Å². The molecule has 0 bridgehead atoms. The van der Waals surface area contributed by atoms with E-state index < -0.39 is 16.2 Å². The van der Waals surface area contributed by atoms with Crippen LogP contribution < -0.4 is 0 Å². The van der Waals surface area contributed by atoms with Crippen LogP contribution in [0.3, 0.4) is 0 Å². The lowest BCUT2D eigenvalue weighted by Gasteiger charge is -2.03. The summed E-state index contributed by atoms with van der Waals surface area (Å²) in [6.07, 6.45) is 7.91. The molecule has 0 amide bonds. The minimum absolute atomic E-state index is 0.184. The van der Waals surface area contributed by atoms with Gasteiger partial charge in [-0.1, -0.05) is 45.4 Å². The van der Waals surface area contributed by atoms with E-state index in [1.54, 1.807) is 0 Å². The number of carbonyl (C=O) groups excluding carboxylic acids is 1. The first-order valence-electron chi connectivity index (χ1n) is 5.30. The molecule has 0 saturated carbocycles. The molecule has 0 aromatic heterocycles. The first-order valence-corrected chi connectivity index (χ1v) is 6.38. The predicted molar refractivity (Wildman–Crippen MR) is 56.5 cm³/mol. The molecule has 0 aliphatic rings. The van der Waals surface area contributed by atoms with Crippen molar-refractivity contribution in [2.45, 2.75) is 58.3 Å². The number of hydrogen-bond donors (Lipinski definition) is 0. The number of rotatable bonds is 8. The van der Waals surface area contributed by atoms with Crippen LogP contribution in [0.15, 0.2) is 0 Å². The van der Waals surface area contributed by atoms with Crippen LogP contribution in [0.25, 0.3) is 0 Å². The van der Waals surface area contributed by atoms with E-state index in [1.165, 1.54) is 25.7 Å². The van der Waals surface area contributed by atoms with Gasteiger partial charge in [0.05, 0.1) is 0 Å². The van der Waals surface area contributed by atoms with E-state index in [9.17, 15) is 13.6 Å². The quantitative estimate of drug-likeness (QED) is 0.465. The molecule has 0 spiro atoms. The summed E-state index contributed by atoms with van der Waals surface area (Å²) in [5, 5.41) is -0.654. The summed E-state index contributed by atoms with van der Waals surface area (Å²) >= 11 is -2.51. The summed E-state index contributed by atoms with van der Waals surface area (Å²) < 4.78 is 20.3. The molecule has 3 nitrogen and oxygen atoms in total. The summed E-state index contributed by atoms with van der Waals surface area (Å²) in [4.78, 5) is 10.7. The van der Waals surface area contributed by atoms with Gasteiger partial charge in [-0.05, 0) is 6.42 Å². The second-order valence-electron chi connectivity index (χ2n) is 3.48. The lowest BCUT2D eigenvalue weighted by molar-refractivity contribution is -0.112. The summed E-state index contributed by atoms with van der Waals surface area (Å²) in [6, 6.07) is 0. The molecule has 0 heterocycles. The largest absolute Gasteiger partial charge is 0.766 e. The van der Waals surface area contributed by atoms with Crippen LogP contribution in [0.2, 0.25) is 0 Å². The fraction of sp³-hybridized carbons (Fsp3) is 0.900. The van der Waals surface area contributed by atoms with Crippen LogP contribution in [0.5, 0.6) is 0 Å². The average molecular weight is 219 g/mol. The van der Waals surface area contributed by atoms with E-state index >= 15 is 0 Å².